The molecule has 0 radical (unpaired) electrons. The second-order valence-corrected chi connectivity index (χ2v) is 9.56. The zero-order valence-corrected chi connectivity index (χ0v) is 15.9. The van der Waals surface area contributed by atoms with E-state index in [0.717, 1.165) is 23.7 Å². The molecular formula is C19H22N2O5S. The third kappa shape index (κ3) is 3.58. The highest BCUT2D eigenvalue weighted by atomic mass is 32.2. The molecule has 1 aliphatic heterocycles. The van der Waals surface area contributed by atoms with Gasteiger partial charge < -0.3 is 14.2 Å². The first-order chi connectivity index (χ1) is 12.9. The minimum Gasteiger partial charge on any atom is -0.452 e. The minimum atomic E-state index is -3.08. The van der Waals surface area contributed by atoms with E-state index in [0.29, 0.717) is 12.0 Å². The SMILES string of the molecule is Cn1cc(C(=O)OCC(=O)N(C2CC2)[C@H]2CCS(=O)(=O)C2)c2ccccc21. The first-order valence-electron chi connectivity index (χ1n) is 9.08. The molecular weight excluding hydrogens is 368 g/mol. The predicted octanol–water partition coefficient (Wildman–Crippen LogP) is 1.51. The molecule has 0 N–H and O–H groups in total. The van der Waals surface area contributed by atoms with Gasteiger partial charge in [-0.3, -0.25) is 4.79 Å². The van der Waals surface area contributed by atoms with E-state index in [1.807, 2.05) is 35.9 Å². The van der Waals surface area contributed by atoms with Gasteiger partial charge >= 0.3 is 5.97 Å². The van der Waals surface area contributed by atoms with Gasteiger partial charge in [0, 0.05) is 36.2 Å². The Kier molecular flexibility index (Phi) is 4.46. The Morgan fingerprint density at radius 3 is 2.59 bits per heavy atom. The number of hydrogen-bond donors (Lipinski definition) is 0. The van der Waals surface area contributed by atoms with E-state index >= 15 is 0 Å². The van der Waals surface area contributed by atoms with Crippen LogP contribution in [0.3, 0.4) is 0 Å². The van der Waals surface area contributed by atoms with Crippen molar-refractivity contribution in [1.82, 2.24) is 9.47 Å². The number of amides is 1. The number of nitrogens with zero attached hydrogens (tertiary/aromatic N) is 2. The maximum absolute atomic E-state index is 12.7. The second kappa shape index (κ2) is 6.67. The number of sulfone groups is 1. The highest BCUT2D eigenvalue weighted by Gasteiger charge is 2.42. The van der Waals surface area contributed by atoms with E-state index in [1.54, 1.807) is 11.1 Å². The lowest BCUT2D eigenvalue weighted by Gasteiger charge is -2.28. The number of rotatable bonds is 5. The molecule has 7 nitrogen and oxygen atoms in total. The summed E-state index contributed by atoms with van der Waals surface area (Å²) in [4.78, 5) is 26.8. The molecule has 1 saturated heterocycles. The zero-order valence-electron chi connectivity index (χ0n) is 15.1. The molecule has 1 aliphatic carbocycles. The van der Waals surface area contributed by atoms with Crippen LogP contribution < -0.4 is 0 Å². The molecule has 144 valence electrons. The number of esters is 1. The van der Waals surface area contributed by atoms with E-state index in [4.69, 9.17) is 4.74 Å². The van der Waals surface area contributed by atoms with Crippen LogP contribution in [0.2, 0.25) is 0 Å². The average molecular weight is 390 g/mol. The summed E-state index contributed by atoms with van der Waals surface area (Å²) < 4.78 is 30.7. The standard InChI is InChI=1S/C19H22N2O5S/c1-20-10-16(15-4-2-3-5-17(15)20)19(23)26-11-18(22)21(13-6-7-13)14-8-9-27(24,25)12-14/h2-5,10,13-14H,6-9,11-12H2,1H3/t14-/m0/s1. The Morgan fingerprint density at radius 2 is 1.93 bits per heavy atom. The normalized spacial score (nSPS) is 21.3. The van der Waals surface area contributed by atoms with Crippen molar-refractivity contribution >= 4 is 32.6 Å². The number of carbonyl (C=O) groups excluding carboxylic acids is 2. The van der Waals surface area contributed by atoms with Gasteiger partial charge in [0.25, 0.3) is 5.91 Å². The minimum absolute atomic E-state index is 0.00646. The van der Waals surface area contributed by atoms with Crippen molar-refractivity contribution in [3.8, 4) is 0 Å². The first kappa shape index (κ1) is 18.0. The largest absolute Gasteiger partial charge is 0.452 e. The summed E-state index contributed by atoms with van der Waals surface area (Å²) in [6, 6.07) is 7.27. The van der Waals surface area contributed by atoms with Gasteiger partial charge in [-0.15, -0.1) is 0 Å². The van der Waals surface area contributed by atoms with Gasteiger partial charge in [-0.1, -0.05) is 18.2 Å². The average Bonchev–Trinajstić information content (AvgIpc) is 3.32. The van der Waals surface area contributed by atoms with E-state index in [-0.39, 0.29) is 36.1 Å². The van der Waals surface area contributed by atoms with Crippen molar-refractivity contribution in [2.45, 2.75) is 31.3 Å². The Labute approximate surface area is 157 Å². The van der Waals surface area contributed by atoms with Gasteiger partial charge in [0.05, 0.1) is 17.1 Å². The fourth-order valence-electron chi connectivity index (χ4n) is 3.84. The van der Waals surface area contributed by atoms with E-state index in [9.17, 15) is 18.0 Å². The highest BCUT2D eigenvalue weighted by Crippen LogP contribution is 2.32. The summed E-state index contributed by atoms with van der Waals surface area (Å²) in [5.74, 6) is -0.737. The Morgan fingerprint density at radius 1 is 1.19 bits per heavy atom. The number of carbonyl (C=O) groups is 2. The first-order valence-corrected chi connectivity index (χ1v) is 10.9. The fourth-order valence-corrected chi connectivity index (χ4v) is 5.55. The highest BCUT2D eigenvalue weighted by molar-refractivity contribution is 7.91. The predicted molar refractivity (Wildman–Crippen MR) is 100 cm³/mol. The molecule has 1 atom stereocenters. The van der Waals surface area contributed by atoms with Crippen LogP contribution in [0, 0.1) is 0 Å². The molecule has 0 unspecified atom stereocenters. The van der Waals surface area contributed by atoms with Crippen molar-refractivity contribution < 1.29 is 22.7 Å². The maximum atomic E-state index is 12.7. The molecule has 4 rings (SSSR count). The van der Waals surface area contributed by atoms with Crippen molar-refractivity contribution in [3.05, 3.63) is 36.0 Å². The summed E-state index contributed by atoms with van der Waals surface area (Å²) in [5, 5.41) is 0.776. The van der Waals surface area contributed by atoms with Crippen molar-refractivity contribution in [3.63, 3.8) is 0 Å². The third-order valence-electron chi connectivity index (χ3n) is 5.27. The molecule has 27 heavy (non-hydrogen) atoms. The molecule has 2 aliphatic rings. The lowest BCUT2D eigenvalue weighted by molar-refractivity contribution is -0.137. The van der Waals surface area contributed by atoms with Gasteiger partial charge in [-0.25, -0.2) is 13.2 Å². The molecule has 1 amide bonds. The Balaban J connectivity index is 1.45. The van der Waals surface area contributed by atoms with Gasteiger partial charge in [0.2, 0.25) is 0 Å². The van der Waals surface area contributed by atoms with Crippen LogP contribution in [-0.4, -0.2) is 60.0 Å². The number of aryl methyl sites for hydroxylation is 1. The molecule has 1 saturated carbocycles. The zero-order chi connectivity index (χ0) is 19.2. The molecule has 8 heteroatoms. The second-order valence-electron chi connectivity index (χ2n) is 7.34. The van der Waals surface area contributed by atoms with E-state index in [2.05, 4.69) is 0 Å². The molecule has 1 aromatic carbocycles. The molecule has 2 fully saturated rings. The number of ether oxygens (including phenoxy) is 1. The van der Waals surface area contributed by atoms with Crippen molar-refractivity contribution in [1.29, 1.82) is 0 Å². The third-order valence-corrected chi connectivity index (χ3v) is 7.02. The van der Waals surface area contributed by atoms with Crippen LogP contribution in [0.5, 0.6) is 0 Å². The summed E-state index contributed by atoms with van der Waals surface area (Å²) in [6.45, 7) is -0.366. The number of para-hydroxylation sites is 1. The summed E-state index contributed by atoms with van der Waals surface area (Å²) in [6.07, 6.45) is 3.90. The van der Waals surface area contributed by atoms with Gasteiger partial charge in [-0.05, 0) is 25.3 Å². The van der Waals surface area contributed by atoms with Gasteiger partial charge in [-0.2, -0.15) is 0 Å². The topological polar surface area (TPSA) is 85.7 Å². The number of benzene rings is 1. The Bertz CT molecular complexity index is 1010. The summed E-state index contributed by atoms with van der Waals surface area (Å²) in [7, 11) is -1.23. The molecule has 0 spiro atoms. The smallest absolute Gasteiger partial charge is 0.340 e. The van der Waals surface area contributed by atoms with Crippen molar-refractivity contribution in [2.75, 3.05) is 18.1 Å². The van der Waals surface area contributed by atoms with E-state index < -0.39 is 15.8 Å². The van der Waals surface area contributed by atoms with E-state index in [1.165, 1.54) is 0 Å². The lowest BCUT2D eigenvalue weighted by atomic mass is 10.2. The molecule has 2 heterocycles. The lowest BCUT2D eigenvalue weighted by Crippen LogP contribution is -2.44. The van der Waals surface area contributed by atoms with Gasteiger partial charge in [0.1, 0.15) is 0 Å². The van der Waals surface area contributed by atoms with Gasteiger partial charge in [0.15, 0.2) is 16.4 Å². The Hall–Kier alpha value is -2.35. The maximum Gasteiger partial charge on any atom is 0.340 e. The molecule has 0 bridgehead atoms. The number of aromatic nitrogens is 1. The molecule has 2 aromatic rings. The summed E-state index contributed by atoms with van der Waals surface area (Å²) in [5.41, 5.74) is 1.33. The van der Waals surface area contributed by atoms with Crippen LogP contribution >= 0.6 is 0 Å². The van der Waals surface area contributed by atoms with Crippen molar-refractivity contribution in [2.24, 2.45) is 7.05 Å². The van der Waals surface area contributed by atoms with Crippen LogP contribution in [0.25, 0.3) is 10.9 Å². The van der Waals surface area contributed by atoms with Crippen LogP contribution in [0.1, 0.15) is 29.6 Å². The fraction of sp³-hybridized carbons (Fsp3) is 0.474. The van der Waals surface area contributed by atoms with Crippen LogP contribution in [0.15, 0.2) is 30.5 Å². The molecule has 1 aromatic heterocycles. The quantitative estimate of drug-likeness (QED) is 0.723. The monoisotopic (exact) mass is 390 g/mol. The summed E-state index contributed by atoms with van der Waals surface area (Å²) >= 11 is 0. The number of fused-ring (bicyclic) bond motifs is 1. The number of hydrogen-bond acceptors (Lipinski definition) is 5. The van der Waals surface area contributed by atoms with Crippen LogP contribution in [0.4, 0.5) is 0 Å². The van der Waals surface area contributed by atoms with Crippen LogP contribution in [-0.2, 0) is 26.4 Å².